The molecule has 0 saturated carbocycles. The maximum atomic E-state index is 6.32. The van der Waals surface area contributed by atoms with Crippen molar-refractivity contribution in [3.05, 3.63) is 51.2 Å². The molecule has 0 amide bonds. The third-order valence-corrected chi connectivity index (χ3v) is 3.99. The summed E-state index contributed by atoms with van der Waals surface area (Å²) < 4.78 is 0. The molecule has 18 heavy (non-hydrogen) atoms. The summed E-state index contributed by atoms with van der Waals surface area (Å²) in [5.41, 5.74) is 7.80. The molecule has 0 radical (unpaired) electrons. The summed E-state index contributed by atoms with van der Waals surface area (Å²) in [5.74, 6) is 0. The Morgan fingerprint density at radius 3 is 2.78 bits per heavy atom. The number of nitrogens with zero attached hydrogens (tertiary/aromatic N) is 1. The minimum absolute atomic E-state index is 0.653. The molecular weight excluding hydrogens is 264 g/mol. The van der Waals surface area contributed by atoms with Crippen molar-refractivity contribution in [3.63, 3.8) is 0 Å². The lowest BCUT2D eigenvalue weighted by molar-refractivity contribution is 0.934. The summed E-state index contributed by atoms with van der Waals surface area (Å²) in [7, 11) is 2.06. The molecule has 1 aromatic heterocycles. The van der Waals surface area contributed by atoms with Crippen molar-refractivity contribution in [3.8, 4) is 0 Å². The van der Waals surface area contributed by atoms with Crippen LogP contribution in [0.25, 0.3) is 0 Å². The maximum Gasteiger partial charge on any atom is 0.0642 e. The lowest BCUT2D eigenvalue weighted by Gasteiger charge is -2.20. The van der Waals surface area contributed by atoms with E-state index in [0.717, 1.165) is 23.7 Å². The number of benzene rings is 1. The number of hydrogen-bond acceptors (Lipinski definition) is 3. The van der Waals surface area contributed by atoms with Crippen molar-refractivity contribution in [2.75, 3.05) is 18.5 Å². The number of thiophene rings is 1. The van der Waals surface area contributed by atoms with Crippen LogP contribution in [0, 0.1) is 0 Å². The average molecular weight is 281 g/mol. The van der Waals surface area contributed by atoms with Gasteiger partial charge in [0, 0.05) is 11.9 Å². The average Bonchev–Trinajstić information content (AvgIpc) is 2.82. The highest BCUT2D eigenvalue weighted by Gasteiger charge is 2.08. The summed E-state index contributed by atoms with van der Waals surface area (Å²) in [6.45, 7) is 1.54. The van der Waals surface area contributed by atoms with Crippen LogP contribution >= 0.6 is 22.9 Å². The molecule has 0 spiro atoms. The van der Waals surface area contributed by atoms with E-state index in [9.17, 15) is 0 Å². The van der Waals surface area contributed by atoms with Crippen molar-refractivity contribution in [1.29, 1.82) is 0 Å². The fourth-order valence-electron chi connectivity index (χ4n) is 1.90. The fraction of sp³-hybridized carbons (Fsp3) is 0.286. The van der Waals surface area contributed by atoms with E-state index in [0.29, 0.717) is 6.54 Å². The van der Waals surface area contributed by atoms with Crippen LogP contribution in [0.1, 0.15) is 10.4 Å². The lowest BCUT2D eigenvalue weighted by atomic mass is 10.1. The number of hydrogen-bond donors (Lipinski definition) is 1. The monoisotopic (exact) mass is 280 g/mol. The number of anilines is 1. The Balaban J connectivity index is 2.12. The highest BCUT2D eigenvalue weighted by Crippen LogP contribution is 2.27. The van der Waals surface area contributed by atoms with Gasteiger partial charge >= 0.3 is 0 Å². The normalized spacial score (nSPS) is 10.6. The second-order valence-electron chi connectivity index (χ2n) is 4.26. The molecule has 0 atom stereocenters. The molecule has 0 saturated heterocycles. The van der Waals surface area contributed by atoms with Crippen LogP contribution in [0.4, 0.5) is 5.69 Å². The molecule has 0 bridgehead atoms. The minimum atomic E-state index is 0.653. The van der Waals surface area contributed by atoms with Gasteiger partial charge in [-0.2, -0.15) is 0 Å². The molecule has 2 rings (SSSR count). The Morgan fingerprint density at radius 1 is 1.33 bits per heavy atom. The molecule has 2 aromatic rings. The Labute approximate surface area is 117 Å². The van der Waals surface area contributed by atoms with Gasteiger partial charge in [-0.15, -0.1) is 11.3 Å². The third-order valence-electron chi connectivity index (χ3n) is 2.83. The second-order valence-corrected chi connectivity index (χ2v) is 5.70. The third kappa shape index (κ3) is 3.25. The smallest absolute Gasteiger partial charge is 0.0642 e. The van der Waals surface area contributed by atoms with Gasteiger partial charge in [0.25, 0.3) is 0 Å². The van der Waals surface area contributed by atoms with E-state index in [2.05, 4.69) is 41.6 Å². The van der Waals surface area contributed by atoms with Gasteiger partial charge in [0.2, 0.25) is 0 Å². The molecule has 2 nitrogen and oxygen atoms in total. The quantitative estimate of drug-likeness (QED) is 0.908. The molecular formula is C14H17ClN2S. The van der Waals surface area contributed by atoms with Crippen molar-refractivity contribution < 1.29 is 0 Å². The zero-order chi connectivity index (χ0) is 13.0. The first kappa shape index (κ1) is 13.4. The predicted octanol–water partition coefficient (Wildman–Crippen LogP) is 3.54. The van der Waals surface area contributed by atoms with E-state index in [1.807, 2.05) is 6.07 Å². The van der Waals surface area contributed by atoms with Crippen LogP contribution in [-0.2, 0) is 13.0 Å². The summed E-state index contributed by atoms with van der Waals surface area (Å²) in [6, 6.07) is 10.4. The molecule has 4 heteroatoms. The standard InChI is InChI=1S/C14H17ClN2S/c1-17(10-12-3-2-8-18-12)14-5-4-11(6-7-16)9-13(14)15/h2-5,8-9H,6-7,10,16H2,1H3. The van der Waals surface area contributed by atoms with Gasteiger partial charge in [-0.3, -0.25) is 0 Å². The Morgan fingerprint density at radius 2 is 2.17 bits per heavy atom. The maximum absolute atomic E-state index is 6.32. The van der Waals surface area contributed by atoms with Gasteiger partial charge in [-0.05, 0) is 42.1 Å². The Hall–Kier alpha value is -1.03. The fourth-order valence-corrected chi connectivity index (χ4v) is 3.01. The summed E-state index contributed by atoms with van der Waals surface area (Å²) in [5, 5.41) is 2.88. The van der Waals surface area contributed by atoms with Gasteiger partial charge < -0.3 is 10.6 Å². The molecule has 0 unspecified atom stereocenters. The second kappa shape index (κ2) is 6.23. The first-order chi connectivity index (χ1) is 8.70. The van der Waals surface area contributed by atoms with Crippen LogP contribution in [0.5, 0.6) is 0 Å². The highest BCUT2D eigenvalue weighted by molar-refractivity contribution is 7.09. The van der Waals surface area contributed by atoms with Gasteiger partial charge in [0.15, 0.2) is 0 Å². The summed E-state index contributed by atoms with van der Waals surface area (Å²) >= 11 is 8.08. The van der Waals surface area contributed by atoms with Gasteiger partial charge in [0.05, 0.1) is 17.3 Å². The zero-order valence-corrected chi connectivity index (χ0v) is 12.0. The van der Waals surface area contributed by atoms with E-state index in [1.54, 1.807) is 11.3 Å². The van der Waals surface area contributed by atoms with Crippen LogP contribution in [0.2, 0.25) is 5.02 Å². The van der Waals surface area contributed by atoms with E-state index in [1.165, 1.54) is 10.4 Å². The largest absolute Gasteiger partial charge is 0.368 e. The molecule has 0 aliphatic rings. The zero-order valence-electron chi connectivity index (χ0n) is 10.4. The van der Waals surface area contributed by atoms with Crippen LogP contribution in [0.15, 0.2) is 35.7 Å². The first-order valence-corrected chi connectivity index (χ1v) is 7.18. The van der Waals surface area contributed by atoms with E-state index in [-0.39, 0.29) is 0 Å². The number of halogens is 1. The van der Waals surface area contributed by atoms with E-state index >= 15 is 0 Å². The SMILES string of the molecule is CN(Cc1cccs1)c1ccc(CCN)cc1Cl. The lowest BCUT2D eigenvalue weighted by Crippen LogP contribution is -2.16. The predicted molar refractivity (Wildman–Crippen MR) is 80.6 cm³/mol. The van der Waals surface area contributed by atoms with Gasteiger partial charge in [0.1, 0.15) is 0 Å². The van der Waals surface area contributed by atoms with E-state index in [4.69, 9.17) is 17.3 Å². The topological polar surface area (TPSA) is 29.3 Å². The van der Waals surface area contributed by atoms with Gasteiger partial charge in [-0.1, -0.05) is 23.7 Å². The van der Waals surface area contributed by atoms with Crippen molar-refractivity contribution >= 4 is 28.6 Å². The van der Waals surface area contributed by atoms with Crippen LogP contribution in [0.3, 0.4) is 0 Å². The molecule has 0 aliphatic heterocycles. The summed E-state index contributed by atoms with van der Waals surface area (Å²) in [4.78, 5) is 3.50. The molecule has 0 fully saturated rings. The van der Waals surface area contributed by atoms with Crippen molar-refractivity contribution in [2.24, 2.45) is 5.73 Å². The van der Waals surface area contributed by atoms with Crippen molar-refractivity contribution in [1.82, 2.24) is 0 Å². The van der Waals surface area contributed by atoms with Crippen LogP contribution in [-0.4, -0.2) is 13.6 Å². The molecule has 96 valence electrons. The highest BCUT2D eigenvalue weighted by atomic mass is 35.5. The molecule has 1 heterocycles. The summed E-state index contributed by atoms with van der Waals surface area (Å²) in [6.07, 6.45) is 0.870. The van der Waals surface area contributed by atoms with Gasteiger partial charge in [-0.25, -0.2) is 0 Å². The Kier molecular flexibility index (Phi) is 4.64. The number of rotatable bonds is 5. The Bertz CT molecular complexity index is 497. The first-order valence-electron chi connectivity index (χ1n) is 5.92. The number of nitrogens with two attached hydrogens (primary N) is 1. The van der Waals surface area contributed by atoms with Crippen molar-refractivity contribution in [2.45, 2.75) is 13.0 Å². The van der Waals surface area contributed by atoms with Crippen LogP contribution < -0.4 is 10.6 Å². The molecule has 2 N–H and O–H groups in total. The molecule has 0 aliphatic carbocycles. The molecule has 1 aromatic carbocycles. The minimum Gasteiger partial charge on any atom is -0.368 e. The van der Waals surface area contributed by atoms with E-state index < -0.39 is 0 Å².